The van der Waals surface area contributed by atoms with Crippen LogP contribution >= 0.6 is 0 Å². The van der Waals surface area contributed by atoms with E-state index in [0.717, 1.165) is 11.1 Å². The van der Waals surface area contributed by atoms with Crippen molar-refractivity contribution in [2.75, 3.05) is 13.2 Å². The van der Waals surface area contributed by atoms with Gasteiger partial charge in [0.05, 0.1) is 6.61 Å². The van der Waals surface area contributed by atoms with Crippen molar-refractivity contribution in [3.05, 3.63) is 71.8 Å². The normalized spacial score (nSPS) is 13.2. The van der Waals surface area contributed by atoms with Gasteiger partial charge >= 0.3 is 6.09 Å². The molecule has 0 spiro atoms. The average molecular weight is 299 g/mol. The maximum atomic E-state index is 11.8. The summed E-state index contributed by atoms with van der Waals surface area (Å²) in [6, 6.07) is 19.1. The van der Waals surface area contributed by atoms with Crippen molar-refractivity contribution in [1.29, 1.82) is 0 Å². The van der Waals surface area contributed by atoms with Crippen LogP contribution in [-0.4, -0.2) is 24.4 Å². The Morgan fingerprint density at radius 3 is 2.27 bits per heavy atom. The second-order valence-electron chi connectivity index (χ2n) is 5.50. The van der Waals surface area contributed by atoms with Crippen LogP contribution in [0, 0.1) is 0 Å². The Kier molecular flexibility index (Phi) is 5.55. The molecule has 0 aliphatic heterocycles. The van der Waals surface area contributed by atoms with Crippen LogP contribution in [0.25, 0.3) is 0 Å². The molecule has 0 aliphatic carbocycles. The molecule has 4 heteroatoms. The summed E-state index contributed by atoms with van der Waals surface area (Å²) in [5.41, 5.74) is 1.37. The molecule has 1 amide bonds. The number of amides is 1. The zero-order chi connectivity index (χ0) is 15.8. The number of nitrogens with one attached hydrogen (secondary N) is 1. The second-order valence-corrected chi connectivity index (χ2v) is 5.50. The number of aliphatic hydroxyl groups excluding tert-OH is 1. The lowest BCUT2D eigenvalue weighted by atomic mass is 9.83. The summed E-state index contributed by atoms with van der Waals surface area (Å²) in [5.74, 6) is 0. The van der Waals surface area contributed by atoms with Crippen LogP contribution in [-0.2, 0) is 16.8 Å². The Labute approximate surface area is 130 Å². The molecule has 22 heavy (non-hydrogen) atoms. The third-order valence-corrected chi connectivity index (χ3v) is 3.66. The Morgan fingerprint density at radius 1 is 1.09 bits per heavy atom. The van der Waals surface area contributed by atoms with E-state index in [1.807, 2.05) is 67.6 Å². The van der Waals surface area contributed by atoms with Gasteiger partial charge < -0.3 is 15.2 Å². The molecule has 0 heterocycles. The molecule has 2 aromatic rings. The van der Waals surface area contributed by atoms with Gasteiger partial charge in [-0.15, -0.1) is 0 Å². The number of carbonyl (C=O) groups excluding carboxylic acids is 1. The van der Waals surface area contributed by atoms with Crippen molar-refractivity contribution in [2.24, 2.45) is 0 Å². The number of hydrogen-bond donors (Lipinski definition) is 2. The SMILES string of the molecule is CC(CO)(CNC(=O)OCc1ccccc1)c1ccccc1. The number of carbonyl (C=O) groups is 1. The maximum Gasteiger partial charge on any atom is 0.407 e. The van der Waals surface area contributed by atoms with Crippen molar-refractivity contribution in [3.8, 4) is 0 Å². The summed E-state index contributed by atoms with van der Waals surface area (Å²) in [6.07, 6.45) is -0.487. The van der Waals surface area contributed by atoms with Crippen LogP contribution in [0.5, 0.6) is 0 Å². The highest BCUT2D eigenvalue weighted by Gasteiger charge is 2.26. The van der Waals surface area contributed by atoms with Crippen molar-refractivity contribution in [3.63, 3.8) is 0 Å². The quantitative estimate of drug-likeness (QED) is 0.862. The lowest BCUT2D eigenvalue weighted by Crippen LogP contribution is -2.41. The second kappa shape index (κ2) is 7.61. The monoisotopic (exact) mass is 299 g/mol. The van der Waals surface area contributed by atoms with Crippen LogP contribution in [0.2, 0.25) is 0 Å². The number of rotatable bonds is 6. The summed E-state index contributed by atoms with van der Waals surface area (Å²) in [4.78, 5) is 11.8. The molecule has 0 radical (unpaired) electrons. The number of aliphatic hydroxyl groups is 1. The highest BCUT2D eigenvalue weighted by atomic mass is 16.5. The Hall–Kier alpha value is -2.33. The van der Waals surface area contributed by atoms with Crippen LogP contribution in [0.1, 0.15) is 18.1 Å². The molecule has 0 fully saturated rings. The van der Waals surface area contributed by atoms with Gasteiger partial charge in [0.1, 0.15) is 6.61 Å². The first-order valence-corrected chi connectivity index (χ1v) is 7.25. The maximum absolute atomic E-state index is 11.8. The van der Waals surface area contributed by atoms with Gasteiger partial charge in [0.25, 0.3) is 0 Å². The van der Waals surface area contributed by atoms with Gasteiger partial charge in [0.15, 0.2) is 0 Å². The molecule has 2 N–H and O–H groups in total. The molecule has 0 bridgehead atoms. The van der Waals surface area contributed by atoms with Gasteiger partial charge in [-0.25, -0.2) is 4.79 Å². The Morgan fingerprint density at radius 2 is 1.68 bits per heavy atom. The van der Waals surface area contributed by atoms with Gasteiger partial charge in [-0.1, -0.05) is 67.6 Å². The van der Waals surface area contributed by atoms with E-state index in [9.17, 15) is 9.90 Å². The highest BCUT2D eigenvalue weighted by Crippen LogP contribution is 2.22. The van der Waals surface area contributed by atoms with Crippen LogP contribution in [0.15, 0.2) is 60.7 Å². The zero-order valence-corrected chi connectivity index (χ0v) is 12.7. The molecule has 1 atom stereocenters. The summed E-state index contributed by atoms with van der Waals surface area (Å²) < 4.78 is 5.17. The molecule has 1 unspecified atom stereocenters. The largest absolute Gasteiger partial charge is 0.445 e. The molecular formula is C18H21NO3. The van der Waals surface area contributed by atoms with Crippen molar-refractivity contribution >= 4 is 6.09 Å². The third kappa shape index (κ3) is 4.33. The fraction of sp³-hybridized carbons (Fsp3) is 0.278. The summed E-state index contributed by atoms with van der Waals surface area (Å²) in [5, 5.41) is 12.4. The first-order valence-electron chi connectivity index (χ1n) is 7.25. The highest BCUT2D eigenvalue weighted by molar-refractivity contribution is 5.67. The van der Waals surface area contributed by atoms with E-state index in [0.29, 0.717) is 6.54 Å². The number of hydrogen-bond acceptors (Lipinski definition) is 3. The number of benzene rings is 2. The fourth-order valence-electron chi connectivity index (χ4n) is 2.13. The molecule has 0 saturated heterocycles. The van der Waals surface area contributed by atoms with Crippen LogP contribution in [0.4, 0.5) is 4.79 Å². The molecule has 0 saturated carbocycles. The zero-order valence-electron chi connectivity index (χ0n) is 12.7. The smallest absolute Gasteiger partial charge is 0.407 e. The van der Waals surface area contributed by atoms with E-state index in [-0.39, 0.29) is 13.2 Å². The topological polar surface area (TPSA) is 58.6 Å². The Bertz CT molecular complexity index is 586. The molecule has 2 aromatic carbocycles. The molecule has 4 nitrogen and oxygen atoms in total. The average Bonchev–Trinajstić information content (AvgIpc) is 2.59. The van der Waals surface area contributed by atoms with Crippen molar-refractivity contribution in [1.82, 2.24) is 5.32 Å². The fourth-order valence-corrected chi connectivity index (χ4v) is 2.13. The van der Waals surface area contributed by atoms with Crippen LogP contribution < -0.4 is 5.32 Å². The van der Waals surface area contributed by atoms with E-state index in [1.54, 1.807) is 0 Å². The van der Waals surface area contributed by atoms with E-state index in [1.165, 1.54) is 0 Å². The van der Waals surface area contributed by atoms with Gasteiger partial charge in [0, 0.05) is 12.0 Å². The minimum Gasteiger partial charge on any atom is -0.445 e. The third-order valence-electron chi connectivity index (χ3n) is 3.66. The minimum atomic E-state index is -0.535. The van der Waals surface area contributed by atoms with E-state index in [2.05, 4.69) is 5.32 Å². The molecule has 2 rings (SSSR count). The summed E-state index contributed by atoms with van der Waals surface area (Å²) in [6.45, 7) is 2.38. The van der Waals surface area contributed by atoms with E-state index in [4.69, 9.17) is 4.74 Å². The van der Waals surface area contributed by atoms with E-state index >= 15 is 0 Å². The van der Waals surface area contributed by atoms with Crippen molar-refractivity contribution < 1.29 is 14.6 Å². The number of ether oxygens (including phenoxy) is 1. The van der Waals surface area contributed by atoms with Gasteiger partial charge in [-0.3, -0.25) is 0 Å². The predicted octanol–water partition coefficient (Wildman–Crippen LogP) is 2.86. The summed E-state index contributed by atoms with van der Waals surface area (Å²) in [7, 11) is 0. The molecule has 0 aromatic heterocycles. The first-order chi connectivity index (χ1) is 10.6. The summed E-state index contributed by atoms with van der Waals surface area (Å²) >= 11 is 0. The lowest BCUT2D eigenvalue weighted by Gasteiger charge is -2.28. The van der Waals surface area contributed by atoms with Gasteiger partial charge in [-0.2, -0.15) is 0 Å². The van der Waals surface area contributed by atoms with Gasteiger partial charge in [-0.05, 0) is 11.1 Å². The molecule has 0 aliphatic rings. The Balaban J connectivity index is 1.86. The first kappa shape index (κ1) is 16.0. The standard InChI is InChI=1S/C18H21NO3/c1-18(14-20,16-10-6-3-7-11-16)13-19-17(21)22-12-15-8-4-2-5-9-15/h2-11,20H,12-14H2,1H3,(H,19,21). The lowest BCUT2D eigenvalue weighted by molar-refractivity contribution is 0.132. The predicted molar refractivity (Wildman–Crippen MR) is 85.5 cm³/mol. The molecular weight excluding hydrogens is 278 g/mol. The van der Waals surface area contributed by atoms with Gasteiger partial charge in [0.2, 0.25) is 0 Å². The van der Waals surface area contributed by atoms with Crippen molar-refractivity contribution in [2.45, 2.75) is 18.9 Å². The number of alkyl carbamates (subject to hydrolysis) is 1. The van der Waals surface area contributed by atoms with Crippen LogP contribution in [0.3, 0.4) is 0 Å². The molecule has 116 valence electrons. The van der Waals surface area contributed by atoms with E-state index < -0.39 is 11.5 Å². The minimum absolute atomic E-state index is 0.0595.